The Morgan fingerprint density at radius 3 is 2.64 bits per heavy atom. The second-order valence-corrected chi connectivity index (χ2v) is 5.54. The van der Waals surface area contributed by atoms with Crippen molar-refractivity contribution in [1.82, 2.24) is 15.1 Å². The Morgan fingerprint density at radius 2 is 2.09 bits per heavy atom. The molecule has 1 unspecified atom stereocenters. The van der Waals surface area contributed by atoms with Gasteiger partial charge in [-0.1, -0.05) is 26.7 Å². The van der Waals surface area contributed by atoms with E-state index in [1.165, 1.54) is 0 Å². The highest BCUT2D eigenvalue weighted by molar-refractivity contribution is 5.78. The second-order valence-electron chi connectivity index (χ2n) is 5.54. The first-order valence-electron chi connectivity index (χ1n) is 8.06. The number of hydrogen-bond donors (Lipinski definition) is 1. The average Bonchev–Trinajstić information content (AvgIpc) is 3.21. The van der Waals surface area contributed by atoms with Gasteiger partial charge in [-0.15, -0.1) is 0 Å². The van der Waals surface area contributed by atoms with Crippen molar-refractivity contribution in [2.45, 2.75) is 45.6 Å². The summed E-state index contributed by atoms with van der Waals surface area (Å²) < 4.78 is 7.31. The van der Waals surface area contributed by atoms with Crippen molar-refractivity contribution in [3.63, 3.8) is 0 Å². The maximum absolute atomic E-state index is 12.4. The highest BCUT2D eigenvalue weighted by atomic mass is 16.3. The zero-order valence-electron chi connectivity index (χ0n) is 13.4. The lowest BCUT2D eigenvalue weighted by Crippen LogP contribution is -2.35. The quantitative estimate of drug-likeness (QED) is 0.772. The van der Waals surface area contributed by atoms with E-state index in [9.17, 15) is 4.79 Å². The van der Waals surface area contributed by atoms with E-state index in [1.54, 1.807) is 12.5 Å². The van der Waals surface area contributed by atoms with Crippen LogP contribution in [0.25, 0.3) is 0 Å². The van der Waals surface area contributed by atoms with Gasteiger partial charge < -0.3 is 9.73 Å². The van der Waals surface area contributed by atoms with Crippen molar-refractivity contribution < 1.29 is 9.21 Å². The molecular weight excluding hydrogens is 278 g/mol. The predicted octanol–water partition coefficient (Wildman–Crippen LogP) is 3.40. The maximum atomic E-state index is 12.4. The molecule has 22 heavy (non-hydrogen) atoms. The molecule has 2 aromatic heterocycles. The molecule has 1 atom stereocenters. The molecule has 2 aromatic rings. The highest BCUT2D eigenvalue weighted by Crippen LogP contribution is 2.18. The summed E-state index contributed by atoms with van der Waals surface area (Å²) >= 11 is 0. The predicted molar refractivity (Wildman–Crippen MR) is 85.4 cm³/mol. The molecule has 1 amide bonds. The van der Waals surface area contributed by atoms with E-state index in [0.717, 1.165) is 31.4 Å². The van der Waals surface area contributed by atoms with Crippen LogP contribution in [-0.2, 0) is 4.79 Å². The fourth-order valence-corrected chi connectivity index (χ4v) is 2.72. The van der Waals surface area contributed by atoms with Crippen molar-refractivity contribution >= 4 is 5.91 Å². The van der Waals surface area contributed by atoms with Crippen LogP contribution < -0.4 is 5.32 Å². The molecule has 5 heteroatoms. The first-order valence-corrected chi connectivity index (χ1v) is 8.06. The minimum atomic E-state index is -0.113. The fraction of sp³-hybridized carbons (Fsp3) is 0.529. The Labute approximate surface area is 131 Å². The molecule has 0 radical (unpaired) electrons. The molecule has 2 heterocycles. The van der Waals surface area contributed by atoms with Crippen LogP contribution in [0.3, 0.4) is 0 Å². The van der Waals surface area contributed by atoms with E-state index < -0.39 is 0 Å². The summed E-state index contributed by atoms with van der Waals surface area (Å²) in [5.41, 5.74) is 0. The Kier molecular flexibility index (Phi) is 6.25. The lowest BCUT2D eigenvalue weighted by molar-refractivity contribution is -0.125. The standard InChI is InChI=1S/C17H25N3O2/c1-3-7-14(8-4-2)17(21)18-13-15(16-9-5-12-22-16)20-11-6-10-19-20/h5-6,9-12,14-15H,3-4,7-8,13H2,1-2H3,(H,18,21). The summed E-state index contributed by atoms with van der Waals surface area (Å²) in [6, 6.07) is 5.52. The smallest absolute Gasteiger partial charge is 0.223 e. The second kappa shape index (κ2) is 8.41. The van der Waals surface area contributed by atoms with Crippen LogP contribution in [0, 0.1) is 5.92 Å². The third kappa shape index (κ3) is 4.23. The molecule has 0 fully saturated rings. The van der Waals surface area contributed by atoms with E-state index in [2.05, 4.69) is 24.3 Å². The molecule has 0 aliphatic carbocycles. The van der Waals surface area contributed by atoms with Gasteiger partial charge in [0, 0.05) is 24.9 Å². The zero-order valence-corrected chi connectivity index (χ0v) is 13.4. The van der Waals surface area contributed by atoms with Gasteiger partial charge in [-0.05, 0) is 31.0 Å². The van der Waals surface area contributed by atoms with Crippen LogP contribution in [0.5, 0.6) is 0 Å². The molecule has 0 aromatic carbocycles. The molecule has 5 nitrogen and oxygen atoms in total. The lowest BCUT2D eigenvalue weighted by atomic mass is 9.97. The van der Waals surface area contributed by atoms with Crippen LogP contribution in [0.4, 0.5) is 0 Å². The molecular formula is C17H25N3O2. The van der Waals surface area contributed by atoms with Gasteiger partial charge in [0.05, 0.1) is 6.26 Å². The Hall–Kier alpha value is -2.04. The zero-order chi connectivity index (χ0) is 15.8. The van der Waals surface area contributed by atoms with E-state index in [0.29, 0.717) is 6.54 Å². The monoisotopic (exact) mass is 303 g/mol. The molecule has 0 aliphatic heterocycles. The van der Waals surface area contributed by atoms with Crippen LogP contribution in [0.2, 0.25) is 0 Å². The summed E-state index contributed by atoms with van der Waals surface area (Å²) in [6.45, 7) is 4.72. The van der Waals surface area contributed by atoms with Crippen molar-refractivity contribution in [3.8, 4) is 0 Å². The van der Waals surface area contributed by atoms with Crippen molar-refractivity contribution in [2.75, 3.05) is 6.54 Å². The maximum Gasteiger partial charge on any atom is 0.223 e. The van der Waals surface area contributed by atoms with Gasteiger partial charge >= 0.3 is 0 Å². The topological polar surface area (TPSA) is 60.1 Å². The summed E-state index contributed by atoms with van der Waals surface area (Å²) in [5.74, 6) is 1.03. The molecule has 0 aliphatic rings. The lowest BCUT2D eigenvalue weighted by Gasteiger charge is -2.19. The van der Waals surface area contributed by atoms with Crippen molar-refractivity contribution in [3.05, 3.63) is 42.6 Å². The largest absolute Gasteiger partial charge is 0.467 e. The number of hydrogen-bond acceptors (Lipinski definition) is 3. The number of aromatic nitrogens is 2. The molecule has 2 rings (SSSR count). The van der Waals surface area contributed by atoms with E-state index in [-0.39, 0.29) is 17.9 Å². The first kappa shape index (κ1) is 16.3. The van der Waals surface area contributed by atoms with E-state index in [1.807, 2.05) is 29.1 Å². The molecule has 120 valence electrons. The van der Waals surface area contributed by atoms with Gasteiger partial charge in [0.25, 0.3) is 0 Å². The van der Waals surface area contributed by atoms with Gasteiger partial charge in [-0.2, -0.15) is 5.10 Å². The number of carbonyl (C=O) groups is 1. The number of carbonyl (C=O) groups excluding carboxylic acids is 1. The van der Waals surface area contributed by atoms with Gasteiger partial charge in [0.1, 0.15) is 11.8 Å². The summed E-state index contributed by atoms with van der Waals surface area (Å²) in [6.07, 6.45) is 9.19. The fourth-order valence-electron chi connectivity index (χ4n) is 2.72. The van der Waals surface area contributed by atoms with E-state index in [4.69, 9.17) is 4.42 Å². The molecule has 0 spiro atoms. The van der Waals surface area contributed by atoms with Gasteiger partial charge in [0.2, 0.25) is 5.91 Å². The first-order chi connectivity index (χ1) is 10.8. The van der Waals surface area contributed by atoms with Crippen LogP contribution in [-0.4, -0.2) is 22.2 Å². The van der Waals surface area contributed by atoms with Crippen LogP contribution >= 0.6 is 0 Å². The minimum absolute atomic E-state index is 0.102. The molecule has 0 bridgehead atoms. The Balaban J connectivity index is 2.01. The third-order valence-electron chi connectivity index (χ3n) is 3.83. The van der Waals surface area contributed by atoms with Gasteiger partial charge in [-0.25, -0.2) is 0 Å². The molecule has 0 saturated heterocycles. The average molecular weight is 303 g/mol. The van der Waals surface area contributed by atoms with Crippen LogP contribution in [0.15, 0.2) is 41.3 Å². The highest BCUT2D eigenvalue weighted by Gasteiger charge is 2.21. The normalized spacial score (nSPS) is 12.5. The minimum Gasteiger partial charge on any atom is -0.467 e. The Bertz CT molecular complexity index is 494. The molecule has 0 saturated carbocycles. The van der Waals surface area contributed by atoms with E-state index >= 15 is 0 Å². The summed E-state index contributed by atoms with van der Waals surface area (Å²) in [5, 5.41) is 7.34. The number of nitrogens with zero attached hydrogens (tertiary/aromatic N) is 2. The van der Waals surface area contributed by atoms with Crippen LogP contribution in [0.1, 0.15) is 51.3 Å². The van der Waals surface area contributed by atoms with Crippen molar-refractivity contribution in [2.24, 2.45) is 5.92 Å². The summed E-state index contributed by atoms with van der Waals surface area (Å²) in [7, 11) is 0. The van der Waals surface area contributed by atoms with Gasteiger partial charge in [-0.3, -0.25) is 9.48 Å². The number of nitrogens with one attached hydrogen (secondary N) is 1. The third-order valence-corrected chi connectivity index (χ3v) is 3.83. The number of rotatable bonds is 9. The Morgan fingerprint density at radius 1 is 1.32 bits per heavy atom. The number of furan rings is 1. The number of amides is 1. The van der Waals surface area contributed by atoms with Crippen molar-refractivity contribution in [1.29, 1.82) is 0 Å². The summed E-state index contributed by atoms with van der Waals surface area (Å²) in [4.78, 5) is 12.4. The SMILES string of the molecule is CCCC(CCC)C(=O)NCC(c1ccco1)n1cccn1. The van der Waals surface area contributed by atoms with Gasteiger partial charge in [0.15, 0.2) is 0 Å². The molecule has 1 N–H and O–H groups in total.